The van der Waals surface area contributed by atoms with Gasteiger partial charge in [0.25, 0.3) is 0 Å². The molecule has 0 amide bonds. The van der Waals surface area contributed by atoms with E-state index in [9.17, 15) is 0 Å². The second-order valence-electron chi connectivity index (χ2n) is 5.07. The van der Waals surface area contributed by atoms with Gasteiger partial charge >= 0.3 is 0 Å². The lowest BCUT2D eigenvalue weighted by molar-refractivity contribution is 0.405. The molecule has 2 unspecified atom stereocenters. The summed E-state index contributed by atoms with van der Waals surface area (Å²) in [6, 6.07) is 6.11. The molecule has 2 aromatic rings. The fourth-order valence-corrected chi connectivity index (χ4v) is 2.41. The number of fused-ring (bicyclic) bond motifs is 1. The Morgan fingerprint density at radius 1 is 1.17 bits per heavy atom. The van der Waals surface area contributed by atoms with Gasteiger partial charge in [-0.2, -0.15) is 0 Å². The van der Waals surface area contributed by atoms with Gasteiger partial charge in [0.15, 0.2) is 0 Å². The summed E-state index contributed by atoms with van der Waals surface area (Å²) in [6.07, 6.45) is 0. The molecule has 0 spiro atoms. The van der Waals surface area contributed by atoms with E-state index >= 15 is 0 Å². The van der Waals surface area contributed by atoms with Crippen molar-refractivity contribution in [2.24, 2.45) is 5.92 Å². The highest BCUT2D eigenvalue weighted by Gasteiger charge is 2.20. The Bertz CT molecular complexity index is 558. The highest BCUT2D eigenvalue weighted by Crippen LogP contribution is 2.32. The van der Waals surface area contributed by atoms with Gasteiger partial charge in [-0.3, -0.25) is 0 Å². The first kappa shape index (κ1) is 13.7. The molecule has 4 heteroatoms. The minimum atomic E-state index is -0.114. The van der Waals surface area contributed by atoms with Crippen LogP contribution in [-0.2, 0) is 0 Å². The van der Waals surface area contributed by atoms with Crippen LogP contribution in [0.15, 0.2) is 18.2 Å². The van der Waals surface area contributed by atoms with E-state index in [0.717, 1.165) is 21.9 Å². The van der Waals surface area contributed by atoms with Crippen LogP contribution in [0.5, 0.6) is 0 Å². The maximum atomic E-state index is 6.25. The number of hydrogen-bond acceptors (Lipinski definition) is 1. The third-order valence-corrected chi connectivity index (χ3v) is 3.84. The van der Waals surface area contributed by atoms with Crippen molar-refractivity contribution in [2.45, 2.75) is 39.1 Å². The molecule has 0 radical (unpaired) electrons. The first-order valence-electron chi connectivity index (χ1n) is 6.23. The van der Waals surface area contributed by atoms with E-state index in [1.54, 1.807) is 0 Å². The summed E-state index contributed by atoms with van der Waals surface area (Å²) in [5.41, 5.74) is 2.01. The molecular formula is C14H18Cl2N2. The van der Waals surface area contributed by atoms with Crippen molar-refractivity contribution in [1.82, 2.24) is 9.55 Å². The van der Waals surface area contributed by atoms with Crippen molar-refractivity contribution in [3.05, 3.63) is 29.0 Å². The predicted molar refractivity (Wildman–Crippen MR) is 78.6 cm³/mol. The zero-order valence-corrected chi connectivity index (χ0v) is 12.6. The van der Waals surface area contributed by atoms with Crippen LogP contribution in [0, 0.1) is 5.92 Å². The quantitative estimate of drug-likeness (QED) is 0.708. The third kappa shape index (κ3) is 2.36. The van der Waals surface area contributed by atoms with E-state index < -0.39 is 0 Å². The summed E-state index contributed by atoms with van der Waals surface area (Å²) in [6.45, 7) is 8.54. The van der Waals surface area contributed by atoms with Crippen LogP contribution in [0.2, 0.25) is 5.02 Å². The maximum Gasteiger partial charge on any atom is 0.127 e. The molecule has 2 nitrogen and oxygen atoms in total. The number of alkyl halides is 1. The SMILES string of the molecule is CC(Cl)c1nc2ccc(Cl)cc2n1C(C)C(C)C. The van der Waals surface area contributed by atoms with Crippen LogP contribution in [0.1, 0.15) is 44.9 Å². The average Bonchev–Trinajstić information content (AvgIpc) is 2.66. The Morgan fingerprint density at radius 2 is 1.83 bits per heavy atom. The monoisotopic (exact) mass is 284 g/mol. The Kier molecular flexibility index (Phi) is 3.88. The standard InChI is InChI=1S/C14H18Cl2N2/c1-8(2)10(4)18-13-7-11(16)5-6-12(13)17-14(18)9(3)15/h5-10H,1-4H3. The molecule has 1 heterocycles. The molecule has 0 fully saturated rings. The number of imidazole rings is 1. The maximum absolute atomic E-state index is 6.25. The molecule has 0 saturated carbocycles. The van der Waals surface area contributed by atoms with Gasteiger partial charge < -0.3 is 4.57 Å². The second kappa shape index (κ2) is 5.10. The summed E-state index contributed by atoms with van der Waals surface area (Å²) in [7, 11) is 0. The van der Waals surface area contributed by atoms with E-state index in [1.807, 2.05) is 25.1 Å². The first-order valence-corrected chi connectivity index (χ1v) is 7.04. The van der Waals surface area contributed by atoms with Crippen molar-refractivity contribution in [1.29, 1.82) is 0 Å². The van der Waals surface area contributed by atoms with Crippen molar-refractivity contribution >= 4 is 34.2 Å². The van der Waals surface area contributed by atoms with E-state index in [0.29, 0.717) is 12.0 Å². The van der Waals surface area contributed by atoms with Crippen LogP contribution < -0.4 is 0 Å². The highest BCUT2D eigenvalue weighted by molar-refractivity contribution is 6.31. The fraction of sp³-hybridized carbons (Fsp3) is 0.500. The van der Waals surface area contributed by atoms with Crippen LogP contribution in [0.25, 0.3) is 11.0 Å². The number of nitrogens with zero attached hydrogens (tertiary/aromatic N) is 2. The van der Waals surface area contributed by atoms with Crippen LogP contribution in [-0.4, -0.2) is 9.55 Å². The zero-order valence-electron chi connectivity index (χ0n) is 11.1. The van der Waals surface area contributed by atoms with Gasteiger partial charge in [-0.1, -0.05) is 25.4 Å². The summed E-state index contributed by atoms with van der Waals surface area (Å²) < 4.78 is 2.21. The molecule has 0 bridgehead atoms. The molecule has 0 aliphatic rings. The lowest BCUT2D eigenvalue weighted by Gasteiger charge is -2.22. The van der Waals surface area contributed by atoms with Gasteiger partial charge in [0.1, 0.15) is 5.82 Å². The molecule has 1 aromatic carbocycles. The molecular weight excluding hydrogens is 267 g/mol. The lowest BCUT2D eigenvalue weighted by Crippen LogP contribution is -2.14. The molecule has 0 aliphatic heterocycles. The minimum Gasteiger partial charge on any atom is -0.324 e. The van der Waals surface area contributed by atoms with Gasteiger partial charge in [0, 0.05) is 11.1 Å². The molecule has 0 saturated heterocycles. The lowest BCUT2D eigenvalue weighted by atomic mass is 10.1. The summed E-state index contributed by atoms with van der Waals surface area (Å²) in [5.74, 6) is 1.42. The van der Waals surface area contributed by atoms with Crippen molar-refractivity contribution in [2.75, 3.05) is 0 Å². The van der Waals surface area contributed by atoms with Gasteiger partial charge in [0.2, 0.25) is 0 Å². The molecule has 98 valence electrons. The van der Waals surface area contributed by atoms with Gasteiger partial charge in [-0.25, -0.2) is 4.98 Å². The minimum absolute atomic E-state index is 0.114. The summed E-state index contributed by atoms with van der Waals surface area (Å²) in [5, 5.41) is 0.616. The smallest absolute Gasteiger partial charge is 0.127 e. The van der Waals surface area contributed by atoms with Gasteiger partial charge in [-0.15, -0.1) is 11.6 Å². The Morgan fingerprint density at radius 3 is 2.39 bits per heavy atom. The number of aromatic nitrogens is 2. The number of rotatable bonds is 3. The van der Waals surface area contributed by atoms with Crippen molar-refractivity contribution in [3.8, 4) is 0 Å². The molecule has 0 aliphatic carbocycles. The van der Waals surface area contributed by atoms with Crippen LogP contribution in [0.4, 0.5) is 0 Å². The van der Waals surface area contributed by atoms with Crippen molar-refractivity contribution in [3.63, 3.8) is 0 Å². The topological polar surface area (TPSA) is 17.8 Å². The van der Waals surface area contributed by atoms with Crippen LogP contribution >= 0.6 is 23.2 Å². The van der Waals surface area contributed by atoms with E-state index in [-0.39, 0.29) is 5.38 Å². The average molecular weight is 285 g/mol. The largest absolute Gasteiger partial charge is 0.324 e. The third-order valence-electron chi connectivity index (χ3n) is 3.41. The molecule has 1 aromatic heterocycles. The van der Waals surface area contributed by atoms with E-state index in [1.165, 1.54) is 0 Å². The normalized spacial score (nSPS) is 15.3. The first-order chi connectivity index (χ1) is 8.41. The molecule has 2 atom stereocenters. The summed E-state index contributed by atoms with van der Waals surface area (Å²) >= 11 is 12.3. The van der Waals surface area contributed by atoms with E-state index in [2.05, 4.69) is 30.3 Å². The van der Waals surface area contributed by atoms with Gasteiger partial charge in [0.05, 0.1) is 16.4 Å². The molecule has 0 N–H and O–H groups in total. The second-order valence-corrected chi connectivity index (χ2v) is 6.16. The summed E-state index contributed by atoms with van der Waals surface area (Å²) in [4.78, 5) is 4.63. The number of halogens is 2. The molecule has 18 heavy (non-hydrogen) atoms. The number of hydrogen-bond donors (Lipinski definition) is 0. The van der Waals surface area contributed by atoms with Crippen molar-refractivity contribution < 1.29 is 0 Å². The van der Waals surface area contributed by atoms with E-state index in [4.69, 9.17) is 23.2 Å². The highest BCUT2D eigenvalue weighted by atomic mass is 35.5. The van der Waals surface area contributed by atoms with Gasteiger partial charge in [-0.05, 0) is 38.0 Å². The molecule has 2 rings (SSSR count). The number of benzene rings is 1. The fourth-order valence-electron chi connectivity index (χ4n) is 2.09. The Balaban J connectivity index is 2.72. The predicted octanol–water partition coefficient (Wildman–Crippen LogP) is 5.21. The Hall–Kier alpha value is -0.730. The Labute approximate surface area is 118 Å². The van der Waals surface area contributed by atoms with Crippen LogP contribution in [0.3, 0.4) is 0 Å². The zero-order chi connectivity index (χ0) is 13.4.